The van der Waals surface area contributed by atoms with E-state index in [2.05, 4.69) is 27.7 Å². The van der Waals surface area contributed by atoms with Crippen LogP contribution >= 0.6 is 0 Å². The first-order chi connectivity index (χ1) is 7.47. The zero-order chi connectivity index (χ0) is 12.3. The molecule has 1 aliphatic carbocycles. The lowest BCUT2D eigenvalue weighted by Crippen LogP contribution is -2.47. The smallest absolute Gasteiger partial charge is 0.0747 e. The number of methoxy groups -OCH3 is 1. The first kappa shape index (κ1) is 14.0. The minimum atomic E-state index is 0.208. The van der Waals surface area contributed by atoms with E-state index >= 15 is 0 Å². The Morgan fingerprint density at radius 2 is 1.75 bits per heavy atom. The maximum Gasteiger partial charge on any atom is 0.0747 e. The Morgan fingerprint density at radius 3 is 2.19 bits per heavy atom. The zero-order valence-electron chi connectivity index (χ0n) is 11.6. The van der Waals surface area contributed by atoms with Crippen LogP contribution in [0, 0.1) is 23.7 Å². The van der Waals surface area contributed by atoms with Gasteiger partial charge < -0.3 is 10.5 Å². The second-order valence-corrected chi connectivity index (χ2v) is 6.05. The normalized spacial score (nSPS) is 35.1. The Balaban J connectivity index is 2.56. The third-order valence-electron chi connectivity index (χ3n) is 4.49. The van der Waals surface area contributed by atoms with Crippen LogP contribution in [0.5, 0.6) is 0 Å². The number of nitrogens with two attached hydrogens (primary N) is 1. The fourth-order valence-electron chi connectivity index (χ4n) is 3.08. The lowest BCUT2D eigenvalue weighted by molar-refractivity contribution is 0.0140. The van der Waals surface area contributed by atoms with Crippen LogP contribution in [-0.2, 0) is 4.74 Å². The molecule has 0 aromatic rings. The summed E-state index contributed by atoms with van der Waals surface area (Å²) in [6.07, 6.45) is 4.09. The minimum absolute atomic E-state index is 0.208. The summed E-state index contributed by atoms with van der Waals surface area (Å²) in [5, 5.41) is 0. The van der Waals surface area contributed by atoms with Gasteiger partial charge in [0, 0.05) is 13.2 Å². The van der Waals surface area contributed by atoms with Crippen molar-refractivity contribution in [1.82, 2.24) is 0 Å². The molecule has 0 amide bonds. The van der Waals surface area contributed by atoms with Gasteiger partial charge in [-0.05, 0) is 36.5 Å². The zero-order valence-corrected chi connectivity index (χ0v) is 11.6. The molecule has 0 heterocycles. The molecule has 2 N–H and O–H groups in total. The molecule has 0 bridgehead atoms. The van der Waals surface area contributed by atoms with E-state index in [1.807, 2.05) is 0 Å². The fourth-order valence-corrected chi connectivity index (χ4v) is 3.08. The highest BCUT2D eigenvalue weighted by Gasteiger charge is 2.33. The quantitative estimate of drug-likeness (QED) is 0.801. The van der Waals surface area contributed by atoms with E-state index in [9.17, 15) is 0 Å². The van der Waals surface area contributed by atoms with Crippen LogP contribution in [0.1, 0.15) is 47.0 Å². The number of rotatable bonds is 4. The number of hydrogen-bond acceptors (Lipinski definition) is 2. The molecule has 0 aromatic carbocycles. The summed E-state index contributed by atoms with van der Waals surface area (Å²) < 4.78 is 5.56. The minimum Gasteiger partial charge on any atom is -0.380 e. The summed E-state index contributed by atoms with van der Waals surface area (Å²) in [5.74, 6) is 2.84. The predicted molar refractivity (Wildman–Crippen MR) is 69.3 cm³/mol. The maximum absolute atomic E-state index is 6.39. The molecule has 2 heteroatoms. The summed E-state index contributed by atoms with van der Waals surface area (Å²) in [4.78, 5) is 0. The van der Waals surface area contributed by atoms with Gasteiger partial charge in [-0.2, -0.15) is 0 Å². The Morgan fingerprint density at radius 1 is 1.12 bits per heavy atom. The SMILES string of the molecule is COC(C(C)C)C(N)C1CCC(C)C(C)C1. The largest absolute Gasteiger partial charge is 0.380 e. The second kappa shape index (κ2) is 6.02. The van der Waals surface area contributed by atoms with Gasteiger partial charge in [0.15, 0.2) is 0 Å². The lowest BCUT2D eigenvalue weighted by atomic mass is 9.71. The van der Waals surface area contributed by atoms with E-state index in [-0.39, 0.29) is 12.1 Å². The van der Waals surface area contributed by atoms with Crippen molar-refractivity contribution in [3.05, 3.63) is 0 Å². The molecule has 2 nitrogen and oxygen atoms in total. The summed E-state index contributed by atoms with van der Waals surface area (Å²) in [6.45, 7) is 9.12. The van der Waals surface area contributed by atoms with Gasteiger partial charge in [-0.3, -0.25) is 0 Å². The molecule has 1 aliphatic rings. The fraction of sp³-hybridized carbons (Fsp3) is 1.00. The number of ether oxygens (including phenoxy) is 1. The monoisotopic (exact) mass is 227 g/mol. The van der Waals surface area contributed by atoms with Gasteiger partial charge in [0.2, 0.25) is 0 Å². The Bertz CT molecular complexity index is 205. The van der Waals surface area contributed by atoms with Crippen LogP contribution in [0.3, 0.4) is 0 Å². The van der Waals surface area contributed by atoms with Gasteiger partial charge in [0.25, 0.3) is 0 Å². The Labute approximate surface area is 101 Å². The third kappa shape index (κ3) is 3.21. The van der Waals surface area contributed by atoms with Crippen molar-refractivity contribution in [2.75, 3.05) is 7.11 Å². The molecular weight excluding hydrogens is 198 g/mol. The molecule has 5 unspecified atom stereocenters. The summed E-state index contributed by atoms with van der Waals surface area (Å²) in [5.41, 5.74) is 6.39. The van der Waals surface area contributed by atoms with Crippen molar-refractivity contribution in [2.45, 2.75) is 59.1 Å². The highest BCUT2D eigenvalue weighted by molar-refractivity contribution is 4.87. The van der Waals surface area contributed by atoms with Crippen LogP contribution in [0.4, 0.5) is 0 Å². The van der Waals surface area contributed by atoms with E-state index in [1.165, 1.54) is 19.3 Å². The van der Waals surface area contributed by atoms with Crippen molar-refractivity contribution in [3.8, 4) is 0 Å². The van der Waals surface area contributed by atoms with Gasteiger partial charge in [0.1, 0.15) is 0 Å². The first-order valence-electron chi connectivity index (χ1n) is 6.75. The van der Waals surface area contributed by atoms with E-state index in [4.69, 9.17) is 10.5 Å². The van der Waals surface area contributed by atoms with Crippen molar-refractivity contribution in [1.29, 1.82) is 0 Å². The molecule has 1 fully saturated rings. The molecule has 0 saturated heterocycles. The second-order valence-electron chi connectivity index (χ2n) is 6.05. The predicted octanol–water partition coefficient (Wildman–Crippen LogP) is 3.06. The third-order valence-corrected chi connectivity index (χ3v) is 4.49. The highest BCUT2D eigenvalue weighted by Crippen LogP contribution is 2.36. The molecule has 5 atom stereocenters. The summed E-state index contributed by atoms with van der Waals surface area (Å²) in [6, 6.07) is 0.208. The first-order valence-corrected chi connectivity index (χ1v) is 6.75. The molecule has 96 valence electrons. The average Bonchev–Trinajstić information content (AvgIpc) is 2.22. The molecule has 0 radical (unpaired) electrons. The highest BCUT2D eigenvalue weighted by atomic mass is 16.5. The van der Waals surface area contributed by atoms with Crippen molar-refractivity contribution >= 4 is 0 Å². The number of hydrogen-bond donors (Lipinski definition) is 1. The Hall–Kier alpha value is -0.0800. The topological polar surface area (TPSA) is 35.2 Å². The van der Waals surface area contributed by atoms with E-state index in [0.717, 1.165) is 11.8 Å². The molecule has 0 aromatic heterocycles. The molecule has 1 rings (SSSR count). The Kier molecular flexibility index (Phi) is 5.26. The lowest BCUT2D eigenvalue weighted by Gasteiger charge is -2.39. The maximum atomic E-state index is 6.39. The summed E-state index contributed by atoms with van der Waals surface area (Å²) in [7, 11) is 1.79. The van der Waals surface area contributed by atoms with Gasteiger partial charge in [-0.15, -0.1) is 0 Å². The van der Waals surface area contributed by atoms with E-state index in [1.54, 1.807) is 7.11 Å². The molecule has 1 saturated carbocycles. The standard InChI is InChI=1S/C14H29NO/c1-9(2)14(16-5)13(15)12-7-6-10(3)11(4)8-12/h9-14H,6-8,15H2,1-5H3. The summed E-state index contributed by atoms with van der Waals surface area (Å²) >= 11 is 0. The van der Waals surface area contributed by atoms with Crippen LogP contribution in [0.25, 0.3) is 0 Å². The van der Waals surface area contributed by atoms with Crippen molar-refractivity contribution in [2.24, 2.45) is 29.4 Å². The molecule has 0 aliphatic heterocycles. The van der Waals surface area contributed by atoms with Crippen molar-refractivity contribution in [3.63, 3.8) is 0 Å². The van der Waals surface area contributed by atoms with E-state index < -0.39 is 0 Å². The molecular formula is C14H29NO. The molecule has 0 spiro atoms. The molecule has 16 heavy (non-hydrogen) atoms. The van der Waals surface area contributed by atoms with Gasteiger partial charge >= 0.3 is 0 Å². The van der Waals surface area contributed by atoms with Gasteiger partial charge in [-0.1, -0.05) is 34.1 Å². The van der Waals surface area contributed by atoms with Gasteiger partial charge in [0.05, 0.1) is 6.10 Å². The van der Waals surface area contributed by atoms with Crippen LogP contribution in [-0.4, -0.2) is 19.3 Å². The van der Waals surface area contributed by atoms with Gasteiger partial charge in [-0.25, -0.2) is 0 Å². The van der Waals surface area contributed by atoms with E-state index in [0.29, 0.717) is 11.8 Å². The van der Waals surface area contributed by atoms with Crippen LogP contribution < -0.4 is 5.73 Å². The van der Waals surface area contributed by atoms with Crippen LogP contribution in [0.15, 0.2) is 0 Å². The average molecular weight is 227 g/mol. The van der Waals surface area contributed by atoms with Crippen molar-refractivity contribution < 1.29 is 4.74 Å². The van der Waals surface area contributed by atoms with Crippen LogP contribution in [0.2, 0.25) is 0 Å².